The van der Waals surface area contributed by atoms with Gasteiger partial charge in [0.25, 0.3) is 0 Å². The van der Waals surface area contributed by atoms with Crippen LogP contribution < -0.4 is 4.74 Å². The van der Waals surface area contributed by atoms with Crippen LogP contribution in [0.1, 0.15) is 36.8 Å². The van der Waals surface area contributed by atoms with Crippen LogP contribution in [0.2, 0.25) is 0 Å². The first-order valence-electron chi connectivity index (χ1n) is 6.48. The van der Waals surface area contributed by atoms with Crippen LogP contribution in [0.5, 0.6) is 5.75 Å². The van der Waals surface area contributed by atoms with Crippen LogP contribution >= 0.6 is 22.6 Å². The number of ketones is 1. The highest BCUT2D eigenvalue weighted by atomic mass is 127. The fourth-order valence-corrected chi connectivity index (χ4v) is 3.84. The quantitative estimate of drug-likeness (QED) is 0.592. The molecule has 0 saturated carbocycles. The number of alkyl halides is 1. The largest absolute Gasteiger partial charge is 0.496 e. The number of halogens is 1. The molecular weight excluding hydrogens is 339 g/mol. The first-order chi connectivity index (χ1) is 8.72. The third-order valence-electron chi connectivity index (χ3n) is 3.87. The van der Waals surface area contributed by atoms with E-state index in [1.807, 2.05) is 12.1 Å². The molecule has 2 rings (SSSR count). The van der Waals surface area contributed by atoms with E-state index < -0.39 is 0 Å². The third kappa shape index (κ3) is 2.42. The van der Waals surface area contributed by atoms with E-state index in [9.17, 15) is 4.79 Å². The number of Topliss-reactive ketones (excluding diaryl/α,β-unsaturated/α-hetero) is 1. The third-order valence-corrected chi connectivity index (χ3v) is 4.94. The number of carbonyl (C=O) groups excluding carboxylic acids is 1. The molecule has 98 valence electrons. The maximum absolute atomic E-state index is 12.5. The van der Waals surface area contributed by atoms with Gasteiger partial charge >= 0.3 is 0 Å². The zero-order valence-electron chi connectivity index (χ0n) is 10.9. The lowest BCUT2D eigenvalue weighted by atomic mass is 9.88. The Kier molecular flexibility index (Phi) is 4.65. The van der Waals surface area contributed by atoms with Crippen molar-refractivity contribution in [3.63, 3.8) is 0 Å². The smallest absolute Gasteiger partial charge is 0.144 e. The number of ether oxygens (including phenoxy) is 1. The van der Waals surface area contributed by atoms with Crippen molar-refractivity contribution in [2.75, 3.05) is 11.5 Å². The van der Waals surface area contributed by atoms with Gasteiger partial charge in [0.05, 0.1) is 7.11 Å². The summed E-state index contributed by atoms with van der Waals surface area (Å²) in [6, 6.07) is 6.07. The second-order valence-corrected chi connectivity index (χ2v) is 5.66. The molecule has 0 amide bonds. The first-order valence-corrected chi connectivity index (χ1v) is 8.00. The maximum atomic E-state index is 12.5. The van der Waals surface area contributed by atoms with E-state index >= 15 is 0 Å². The lowest BCUT2D eigenvalue weighted by Crippen LogP contribution is -2.21. The number of hydrogen-bond donors (Lipinski definition) is 0. The molecule has 0 radical (unpaired) electrons. The van der Waals surface area contributed by atoms with Crippen LogP contribution in [-0.4, -0.2) is 17.3 Å². The highest BCUT2D eigenvalue weighted by Gasteiger charge is 2.33. The van der Waals surface area contributed by atoms with Crippen molar-refractivity contribution < 1.29 is 9.53 Å². The van der Waals surface area contributed by atoms with Crippen molar-refractivity contribution in [3.05, 3.63) is 29.3 Å². The SMILES string of the molecule is CCC(CI)C(=O)C1CCc2c(OC)cccc21. The summed E-state index contributed by atoms with van der Waals surface area (Å²) in [4.78, 5) is 12.5. The minimum absolute atomic E-state index is 0.0924. The van der Waals surface area contributed by atoms with Crippen LogP contribution in [0, 0.1) is 5.92 Å². The van der Waals surface area contributed by atoms with Crippen molar-refractivity contribution in [2.45, 2.75) is 32.1 Å². The molecule has 2 nitrogen and oxygen atoms in total. The summed E-state index contributed by atoms with van der Waals surface area (Å²) in [7, 11) is 1.70. The molecule has 1 aromatic carbocycles. The number of fused-ring (bicyclic) bond motifs is 1. The Bertz CT molecular complexity index is 438. The summed E-state index contributed by atoms with van der Waals surface area (Å²) in [6.45, 7) is 2.10. The average Bonchev–Trinajstić information content (AvgIpc) is 2.83. The van der Waals surface area contributed by atoms with Gasteiger partial charge in [-0.1, -0.05) is 41.6 Å². The fraction of sp³-hybridized carbons (Fsp3) is 0.533. The molecule has 2 unspecified atom stereocenters. The molecule has 1 aliphatic carbocycles. The summed E-state index contributed by atoms with van der Waals surface area (Å²) in [5.41, 5.74) is 2.43. The molecule has 0 aromatic heterocycles. The predicted octanol–water partition coefficient (Wildman–Crippen LogP) is 3.76. The van der Waals surface area contributed by atoms with Gasteiger partial charge in [-0.15, -0.1) is 0 Å². The van der Waals surface area contributed by atoms with E-state index in [-0.39, 0.29) is 11.8 Å². The van der Waals surface area contributed by atoms with Gasteiger partial charge in [0.1, 0.15) is 11.5 Å². The van der Waals surface area contributed by atoms with Crippen molar-refractivity contribution in [3.8, 4) is 5.75 Å². The molecule has 0 aliphatic heterocycles. The van der Waals surface area contributed by atoms with Crippen molar-refractivity contribution in [1.82, 2.24) is 0 Å². The Morgan fingerprint density at radius 3 is 2.94 bits per heavy atom. The number of methoxy groups -OCH3 is 1. The van der Waals surface area contributed by atoms with Crippen molar-refractivity contribution in [2.24, 2.45) is 5.92 Å². The van der Waals surface area contributed by atoms with Gasteiger partial charge in [0.2, 0.25) is 0 Å². The van der Waals surface area contributed by atoms with Crippen molar-refractivity contribution >= 4 is 28.4 Å². The lowest BCUT2D eigenvalue weighted by molar-refractivity contribution is -0.123. The standard InChI is InChI=1S/C15H19IO2/c1-3-10(9-16)15(17)13-8-7-12-11(13)5-4-6-14(12)18-2/h4-6,10,13H,3,7-9H2,1-2H3. The molecule has 1 aromatic rings. The van der Waals surface area contributed by atoms with Crippen LogP contribution in [-0.2, 0) is 11.2 Å². The lowest BCUT2D eigenvalue weighted by Gasteiger charge is -2.17. The molecule has 18 heavy (non-hydrogen) atoms. The number of rotatable bonds is 5. The van der Waals surface area contributed by atoms with Gasteiger partial charge in [0, 0.05) is 16.3 Å². The maximum Gasteiger partial charge on any atom is 0.144 e. The molecule has 0 N–H and O–H groups in total. The van der Waals surface area contributed by atoms with Crippen LogP contribution in [0.25, 0.3) is 0 Å². The Hall–Kier alpha value is -0.580. The molecule has 2 atom stereocenters. The van der Waals surface area contributed by atoms with E-state index in [0.29, 0.717) is 5.78 Å². The van der Waals surface area contributed by atoms with E-state index in [2.05, 4.69) is 35.6 Å². The average molecular weight is 358 g/mol. The Morgan fingerprint density at radius 2 is 2.33 bits per heavy atom. The second-order valence-electron chi connectivity index (χ2n) is 4.78. The molecule has 0 fully saturated rings. The normalized spacial score (nSPS) is 19.4. The molecular formula is C15H19IO2. The molecule has 0 heterocycles. The second kappa shape index (κ2) is 6.04. The Labute approximate surface area is 122 Å². The molecule has 0 bridgehead atoms. The summed E-state index contributed by atoms with van der Waals surface area (Å²) in [5.74, 6) is 1.65. The van der Waals surface area contributed by atoms with Gasteiger partial charge in [-0.25, -0.2) is 0 Å². The minimum Gasteiger partial charge on any atom is -0.496 e. The van der Waals surface area contributed by atoms with Gasteiger partial charge in [-0.2, -0.15) is 0 Å². The van der Waals surface area contributed by atoms with E-state index in [1.165, 1.54) is 11.1 Å². The highest BCUT2D eigenvalue weighted by molar-refractivity contribution is 14.1. The highest BCUT2D eigenvalue weighted by Crippen LogP contribution is 2.40. The zero-order valence-corrected chi connectivity index (χ0v) is 13.1. The molecule has 0 spiro atoms. The molecule has 3 heteroatoms. The zero-order chi connectivity index (χ0) is 13.1. The first kappa shape index (κ1) is 13.8. The molecule has 0 saturated heterocycles. The van der Waals surface area contributed by atoms with Gasteiger partial charge in [-0.05, 0) is 36.5 Å². The van der Waals surface area contributed by atoms with Crippen LogP contribution in [0.4, 0.5) is 0 Å². The van der Waals surface area contributed by atoms with Crippen molar-refractivity contribution in [1.29, 1.82) is 0 Å². The Balaban J connectivity index is 2.29. The predicted molar refractivity (Wildman–Crippen MR) is 81.7 cm³/mol. The van der Waals surface area contributed by atoms with E-state index in [1.54, 1.807) is 7.11 Å². The van der Waals surface area contributed by atoms with Crippen LogP contribution in [0.15, 0.2) is 18.2 Å². The summed E-state index contributed by atoms with van der Waals surface area (Å²) in [5, 5.41) is 0. The minimum atomic E-state index is 0.0924. The van der Waals surface area contributed by atoms with Gasteiger partial charge in [0.15, 0.2) is 0 Å². The Morgan fingerprint density at radius 1 is 1.56 bits per heavy atom. The van der Waals surface area contributed by atoms with E-state index in [0.717, 1.165) is 29.4 Å². The monoisotopic (exact) mass is 358 g/mol. The summed E-state index contributed by atoms with van der Waals surface area (Å²) in [6.07, 6.45) is 2.85. The molecule has 1 aliphatic rings. The summed E-state index contributed by atoms with van der Waals surface area (Å²) >= 11 is 2.32. The van der Waals surface area contributed by atoms with Gasteiger partial charge < -0.3 is 4.74 Å². The summed E-state index contributed by atoms with van der Waals surface area (Å²) < 4.78 is 6.31. The fourth-order valence-electron chi connectivity index (χ4n) is 2.78. The van der Waals surface area contributed by atoms with Crippen LogP contribution in [0.3, 0.4) is 0 Å². The number of benzene rings is 1. The number of carbonyl (C=O) groups is 1. The number of hydrogen-bond acceptors (Lipinski definition) is 2. The topological polar surface area (TPSA) is 26.3 Å². The van der Waals surface area contributed by atoms with E-state index in [4.69, 9.17) is 4.74 Å². The van der Waals surface area contributed by atoms with Gasteiger partial charge in [-0.3, -0.25) is 4.79 Å².